The molecule has 0 saturated carbocycles. The SMILES string of the molecule is C=CC(NN)C(CC)OCC. The number of nitrogens with one attached hydrogen (secondary N) is 1. The molecule has 0 bridgehead atoms. The van der Waals surface area contributed by atoms with Crippen molar-refractivity contribution in [1.82, 2.24) is 5.43 Å². The Morgan fingerprint density at radius 3 is 2.55 bits per heavy atom. The van der Waals surface area contributed by atoms with E-state index >= 15 is 0 Å². The molecule has 0 rings (SSSR count). The topological polar surface area (TPSA) is 47.3 Å². The van der Waals surface area contributed by atoms with Gasteiger partial charge in [-0.2, -0.15) is 0 Å². The van der Waals surface area contributed by atoms with Crippen LogP contribution in [0, 0.1) is 0 Å². The fourth-order valence-corrected chi connectivity index (χ4v) is 1.02. The lowest BCUT2D eigenvalue weighted by Crippen LogP contribution is -2.43. The van der Waals surface area contributed by atoms with E-state index in [1.165, 1.54) is 0 Å². The maximum absolute atomic E-state index is 5.42. The molecule has 0 saturated heterocycles. The van der Waals surface area contributed by atoms with Crippen LogP contribution >= 0.6 is 0 Å². The Hall–Kier alpha value is -0.380. The zero-order valence-corrected chi connectivity index (χ0v) is 7.34. The highest BCUT2D eigenvalue weighted by Gasteiger charge is 2.14. The number of hydrogen-bond donors (Lipinski definition) is 2. The van der Waals surface area contributed by atoms with Gasteiger partial charge in [0.05, 0.1) is 12.1 Å². The average molecular weight is 158 g/mol. The van der Waals surface area contributed by atoms with Crippen LogP contribution in [0.3, 0.4) is 0 Å². The first-order valence-corrected chi connectivity index (χ1v) is 4.00. The summed E-state index contributed by atoms with van der Waals surface area (Å²) in [7, 11) is 0. The van der Waals surface area contributed by atoms with Crippen molar-refractivity contribution < 1.29 is 4.74 Å². The van der Waals surface area contributed by atoms with Gasteiger partial charge in [-0.05, 0) is 13.3 Å². The molecule has 3 heteroatoms. The monoisotopic (exact) mass is 158 g/mol. The highest BCUT2D eigenvalue weighted by Crippen LogP contribution is 2.03. The Balaban J connectivity index is 3.86. The molecule has 0 amide bonds. The van der Waals surface area contributed by atoms with Crippen LogP contribution in [0.15, 0.2) is 12.7 Å². The van der Waals surface area contributed by atoms with Crippen LogP contribution in [0.2, 0.25) is 0 Å². The Labute approximate surface area is 68.6 Å². The van der Waals surface area contributed by atoms with E-state index in [9.17, 15) is 0 Å². The Bertz CT molecular complexity index is 106. The van der Waals surface area contributed by atoms with E-state index in [2.05, 4.69) is 18.9 Å². The lowest BCUT2D eigenvalue weighted by molar-refractivity contribution is 0.0435. The van der Waals surface area contributed by atoms with Gasteiger partial charge >= 0.3 is 0 Å². The molecule has 0 radical (unpaired) electrons. The van der Waals surface area contributed by atoms with Crippen LogP contribution in [-0.4, -0.2) is 18.8 Å². The van der Waals surface area contributed by atoms with Crippen molar-refractivity contribution in [2.75, 3.05) is 6.61 Å². The van der Waals surface area contributed by atoms with E-state index in [0.717, 1.165) is 6.42 Å². The molecule has 2 unspecified atom stereocenters. The smallest absolute Gasteiger partial charge is 0.0773 e. The van der Waals surface area contributed by atoms with Gasteiger partial charge in [0.2, 0.25) is 0 Å². The predicted molar refractivity (Wildman–Crippen MR) is 47.0 cm³/mol. The molecule has 0 aliphatic rings. The molecule has 0 aromatic heterocycles. The van der Waals surface area contributed by atoms with Gasteiger partial charge in [0, 0.05) is 6.61 Å². The van der Waals surface area contributed by atoms with Crippen LogP contribution in [0.5, 0.6) is 0 Å². The second-order valence-electron chi connectivity index (χ2n) is 2.33. The Kier molecular flexibility index (Phi) is 6.12. The summed E-state index contributed by atoms with van der Waals surface area (Å²) in [6, 6.07) is 0.0555. The third-order valence-electron chi connectivity index (χ3n) is 1.63. The normalized spacial score (nSPS) is 15.9. The number of hydrogen-bond acceptors (Lipinski definition) is 3. The third kappa shape index (κ3) is 3.51. The Morgan fingerprint density at radius 2 is 2.27 bits per heavy atom. The fraction of sp³-hybridized carbons (Fsp3) is 0.750. The summed E-state index contributed by atoms with van der Waals surface area (Å²) in [4.78, 5) is 0. The lowest BCUT2D eigenvalue weighted by Gasteiger charge is -2.22. The molecule has 0 fully saturated rings. The Morgan fingerprint density at radius 1 is 1.64 bits per heavy atom. The van der Waals surface area contributed by atoms with Crippen LogP contribution < -0.4 is 11.3 Å². The maximum atomic E-state index is 5.42. The van der Waals surface area contributed by atoms with Gasteiger partial charge in [-0.3, -0.25) is 11.3 Å². The summed E-state index contributed by atoms with van der Waals surface area (Å²) in [5, 5.41) is 0. The standard InChI is InChI=1S/C8H18N2O/c1-4-7(10-9)8(5-2)11-6-3/h4,7-8,10H,1,5-6,9H2,2-3H3. The van der Waals surface area contributed by atoms with E-state index in [1.54, 1.807) is 6.08 Å². The second-order valence-corrected chi connectivity index (χ2v) is 2.33. The minimum absolute atomic E-state index is 0.0555. The van der Waals surface area contributed by atoms with E-state index in [4.69, 9.17) is 10.6 Å². The summed E-state index contributed by atoms with van der Waals surface area (Å²) >= 11 is 0. The van der Waals surface area contributed by atoms with E-state index in [-0.39, 0.29) is 12.1 Å². The second kappa shape index (κ2) is 6.34. The van der Waals surface area contributed by atoms with Crippen molar-refractivity contribution in [1.29, 1.82) is 0 Å². The van der Waals surface area contributed by atoms with E-state index in [1.807, 2.05) is 6.92 Å². The molecule has 3 N–H and O–H groups in total. The summed E-state index contributed by atoms with van der Waals surface area (Å²) in [6.07, 6.45) is 2.85. The molecule has 66 valence electrons. The molecule has 0 aliphatic carbocycles. The predicted octanol–water partition coefficient (Wildman–Crippen LogP) is 0.819. The highest BCUT2D eigenvalue weighted by atomic mass is 16.5. The molecule has 0 aliphatic heterocycles. The van der Waals surface area contributed by atoms with Crippen molar-refractivity contribution in [2.45, 2.75) is 32.4 Å². The maximum Gasteiger partial charge on any atom is 0.0773 e. The van der Waals surface area contributed by atoms with Gasteiger partial charge in [-0.1, -0.05) is 13.0 Å². The quantitative estimate of drug-likeness (QED) is 0.342. The van der Waals surface area contributed by atoms with Gasteiger partial charge in [-0.15, -0.1) is 6.58 Å². The van der Waals surface area contributed by atoms with Crippen LogP contribution in [0.1, 0.15) is 20.3 Å². The minimum atomic E-state index is 0.0555. The molecule has 0 heterocycles. The summed E-state index contributed by atoms with van der Waals surface area (Å²) in [5.41, 5.74) is 2.64. The molecule has 11 heavy (non-hydrogen) atoms. The number of rotatable bonds is 6. The van der Waals surface area contributed by atoms with Crippen molar-refractivity contribution in [3.8, 4) is 0 Å². The first-order valence-electron chi connectivity index (χ1n) is 4.00. The average Bonchev–Trinajstić information content (AvgIpc) is 2.05. The molecule has 0 aromatic rings. The zero-order chi connectivity index (χ0) is 8.69. The summed E-state index contributed by atoms with van der Waals surface area (Å²) < 4.78 is 5.42. The first kappa shape index (κ1) is 10.6. The molecular weight excluding hydrogens is 140 g/mol. The third-order valence-corrected chi connectivity index (χ3v) is 1.63. The number of ether oxygens (including phenoxy) is 1. The van der Waals surface area contributed by atoms with Gasteiger partial charge in [0.25, 0.3) is 0 Å². The largest absolute Gasteiger partial charge is 0.377 e. The first-order chi connectivity index (χ1) is 5.29. The molecular formula is C8H18N2O. The van der Waals surface area contributed by atoms with Gasteiger partial charge in [-0.25, -0.2) is 0 Å². The van der Waals surface area contributed by atoms with Crippen molar-refractivity contribution in [2.24, 2.45) is 5.84 Å². The van der Waals surface area contributed by atoms with Crippen molar-refractivity contribution >= 4 is 0 Å². The van der Waals surface area contributed by atoms with Crippen molar-refractivity contribution in [3.05, 3.63) is 12.7 Å². The zero-order valence-electron chi connectivity index (χ0n) is 7.34. The number of hydrazine groups is 1. The fourth-order valence-electron chi connectivity index (χ4n) is 1.02. The van der Waals surface area contributed by atoms with E-state index < -0.39 is 0 Å². The summed E-state index contributed by atoms with van der Waals surface area (Å²) in [5.74, 6) is 5.29. The number of nitrogens with two attached hydrogens (primary N) is 1. The molecule has 2 atom stereocenters. The van der Waals surface area contributed by atoms with Crippen LogP contribution in [0.4, 0.5) is 0 Å². The summed E-state index contributed by atoms with van der Waals surface area (Å²) in [6.45, 7) is 8.41. The highest BCUT2D eigenvalue weighted by molar-refractivity contribution is 4.89. The molecule has 3 nitrogen and oxygen atoms in total. The van der Waals surface area contributed by atoms with Crippen LogP contribution in [-0.2, 0) is 4.74 Å². The van der Waals surface area contributed by atoms with Crippen LogP contribution in [0.25, 0.3) is 0 Å². The van der Waals surface area contributed by atoms with Crippen molar-refractivity contribution in [3.63, 3.8) is 0 Å². The van der Waals surface area contributed by atoms with Gasteiger partial charge < -0.3 is 4.74 Å². The molecule has 0 aromatic carbocycles. The lowest BCUT2D eigenvalue weighted by atomic mass is 10.1. The van der Waals surface area contributed by atoms with Gasteiger partial charge in [0.15, 0.2) is 0 Å². The van der Waals surface area contributed by atoms with E-state index in [0.29, 0.717) is 6.61 Å². The van der Waals surface area contributed by atoms with Gasteiger partial charge in [0.1, 0.15) is 0 Å². The minimum Gasteiger partial charge on any atom is -0.377 e. The molecule has 0 spiro atoms.